The second-order valence-corrected chi connectivity index (χ2v) is 7.69. The lowest BCUT2D eigenvalue weighted by molar-refractivity contribution is -0.125. The quantitative estimate of drug-likeness (QED) is 0.425. The Hall–Kier alpha value is -1.56. The highest BCUT2D eigenvalue weighted by Gasteiger charge is 2.56. The minimum atomic E-state index is 0.340. The van der Waals surface area contributed by atoms with E-state index in [4.69, 9.17) is 4.74 Å². The molecule has 2 atom stereocenters. The molecule has 146 valence electrons. The molecule has 3 rings (SSSR count). The van der Waals surface area contributed by atoms with Gasteiger partial charge in [0.1, 0.15) is 5.82 Å². The van der Waals surface area contributed by atoms with Crippen molar-refractivity contribution < 1.29 is 4.74 Å². The van der Waals surface area contributed by atoms with E-state index in [-0.39, 0.29) is 0 Å². The second kappa shape index (κ2) is 8.89. The average Bonchev–Trinajstić information content (AvgIpc) is 3.30. The van der Waals surface area contributed by atoms with E-state index in [1.165, 1.54) is 25.7 Å². The molecule has 0 bridgehead atoms. The van der Waals surface area contributed by atoms with Gasteiger partial charge >= 0.3 is 0 Å². The van der Waals surface area contributed by atoms with Crippen LogP contribution in [0.25, 0.3) is 0 Å². The van der Waals surface area contributed by atoms with E-state index in [0.717, 1.165) is 50.7 Å². The standard InChI is InChI=1S/C20H35N5O/c1-4-26-18-15-17(20(18)9-5-6-10-20)24-19(21-3)23-11-7-8-13-25-14-12-22-16(25)2/h12,14,17-18H,4-11,13,15H2,1-3H3,(H2,21,23,24). The van der Waals surface area contributed by atoms with Gasteiger partial charge in [-0.2, -0.15) is 0 Å². The largest absolute Gasteiger partial charge is 0.378 e. The van der Waals surface area contributed by atoms with Gasteiger partial charge in [-0.15, -0.1) is 0 Å². The normalized spacial score (nSPS) is 24.7. The van der Waals surface area contributed by atoms with Crippen LogP contribution in [0.2, 0.25) is 0 Å². The molecule has 2 saturated carbocycles. The second-order valence-electron chi connectivity index (χ2n) is 7.69. The molecule has 6 heteroatoms. The number of unbranched alkanes of at least 4 members (excludes halogenated alkanes) is 1. The molecule has 0 radical (unpaired) electrons. The molecule has 1 spiro atoms. The van der Waals surface area contributed by atoms with Crippen LogP contribution < -0.4 is 10.6 Å². The lowest BCUT2D eigenvalue weighted by atomic mass is 9.60. The number of rotatable bonds is 8. The zero-order chi connectivity index (χ0) is 18.4. The van der Waals surface area contributed by atoms with E-state index in [1.54, 1.807) is 0 Å². The Balaban J connectivity index is 1.40. The average molecular weight is 362 g/mol. The van der Waals surface area contributed by atoms with Gasteiger partial charge in [-0.3, -0.25) is 4.99 Å². The van der Waals surface area contributed by atoms with Crippen molar-refractivity contribution in [2.75, 3.05) is 20.2 Å². The highest BCUT2D eigenvalue weighted by atomic mass is 16.5. The molecule has 6 nitrogen and oxygen atoms in total. The topological polar surface area (TPSA) is 63.5 Å². The fraction of sp³-hybridized carbons (Fsp3) is 0.800. The van der Waals surface area contributed by atoms with Gasteiger partial charge in [0.25, 0.3) is 0 Å². The van der Waals surface area contributed by atoms with Crippen LogP contribution in [-0.2, 0) is 11.3 Å². The molecule has 0 saturated heterocycles. The van der Waals surface area contributed by atoms with Crippen LogP contribution in [0.5, 0.6) is 0 Å². The Labute approximate surface area is 157 Å². The third-order valence-corrected chi connectivity index (χ3v) is 6.26. The third kappa shape index (κ3) is 4.05. The van der Waals surface area contributed by atoms with Crippen LogP contribution in [0.1, 0.15) is 57.7 Å². The summed E-state index contributed by atoms with van der Waals surface area (Å²) in [5.41, 5.74) is 0.340. The van der Waals surface area contributed by atoms with Gasteiger partial charge in [0, 0.05) is 50.6 Å². The summed E-state index contributed by atoms with van der Waals surface area (Å²) in [6.07, 6.45) is 13.0. The summed E-state index contributed by atoms with van der Waals surface area (Å²) in [4.78, 5) is 8.70. The first-order valence-electron chi connectivity index (χ1n) is 10.3. The molecule has 2 aliphatic carbocycles. The molecule has 0 aliphatic heterocycles. The highest BCUT2D eigenvalue weighted by Crippen LogP contribution is 2.54. The van der Waals surface area contributed by atoms with E-state index in [0.29, 0.717) is 17.6 Å². The van der Waals surface area contributed by atoms with Crippen LogP contribution in [0.15, 0.2) is 17.4 Å². The van der Waals surface area contributed by atoms with Crippen LogP contribution in [0.4, 0.5) is 0 Å². The van der Waals surface area contributed by atoms with E-state index in [1.807, 2.05) is 13.2 Å². The highest BCUT2D eigenvalue weighted by molar-refractivity contribution is 5.80. The number of nitrogens with one attached hydrogen (secondary N) is 2. The van der Waals surface area contributed by atoms with Crippen molar-refractivity contribution in [3.05, 3.63) is 18.2 Å². The SMILES string of the molecule is CCOC1CC(NC(=NC)NCCCCn2ccnc2C)C12CCCC2. The van der Waals surface area contributed by atoms with Gasteiger partial charge < -0.3 is 19.9 Å². The van der Waals surface area contributed by atoms with Gasteiger partial charge in [0.05, 0.1) is 6.10 Å². The Kier molecular flexibility index (Phi) is 6.57. The van der Waals surface area contributed by atoms with E-state index >= 15 is 0 Å². The van der Waals surface area contributed by atoms with Crippen molar-refractivity contribution in [2.24, 2.45) is 10.4 Å². The molecule has 2 N–H and O–H groups in total. The molecule has 1 aromatic heterocycles. The fourth-order valence-corrected chi connectivity index (χ4v) is 4.70. The third-order valence-electron chi connectivity index (χ3n) is 6.26. The van der Waals surface area contributed by atoms with Gasteiger partial charge in [-0.1, -0.05) is 12.8 Å². The Morgan fingerprint density at radius 2 is 2.19 bits per heavy atom. The van der Waals surface area contributed by atoms with Crippen molar-refractivity contribution in [1.29, 1.82) is 0 Å². The molecule has 2 unspecified atom stereocenters. The number of nitrogens with zero attached hydrogens (tertiary/aromatic N) is 3. The summed E-state index contributed by atoms with van der Waals surface area (Å²) in [7, 11) is 1.87. The summed E-state index contributed by atoms with van der Waals surface area (Å²) in [5.74, 6) is 2.03. The number of aromatic nitrogens is 2. The maximum atomic E-state index is 6.01. The molecule has 1 heterocycles. The minimum absolute atomic E-state index is 0.340. The van der Waals surface area contributed by atoms with E-state index in [2.05, 4.69) is 45.2 Å². The molecule has 2 aliphatic rings. The number of hydrogen-bond acceptors (Lipinski definition) is 3. The number of ether oxygens (including phenoxy) is 1. The summed E-state index contributed by atoms with van der Waals surface area (Å²) in [5, 5.41) is 7.17. The predicted molar refractivity (Wildman–Crippen MR) is 105 cm³/mol. The van der Waals surface area contributed by atoms with Crippen LogP contribution in [-0.4, -0.2) is 47.9 Å². The molecule has 2 fully saturated rings. The summed E-state index contributed by atoms with van der Waals surface area (Å²) >= 11 is 0. The molecule has 0 amide bonds. The van der Waals surface area contributed by atoms with Crippen molar-refractivity contribution in [1.82, 2.24) is 20.2 Å². The zero-order valence-electron chi connectivity index (χ0n) is 16.6. The molecule has 26 heavy (non-hydrogen) atoms. The smallest absolute Gasteiger partial charge is 0.191 e. The number of guanidine groups is 1. The Morgan fingerprint density at radius 3 is 2.85 bits per heavy atom. The summed E-state index contributed by atoms with van der Waals surface area (Å²) < 4.78 is 8.22. The van der Waals surface area contributed by atoms with Gasteiger partial charge in [-0.05, 0) is 46.0 Å². The van der Waals surface area contributed by atoms with Crippen molar-refractivity contribution in [3.63, 3.8) is 0 Å². The maximum absolute atomic E-state index is 6.01. The summed E-state index contributed by atoms with van der Waals surface area (Å²) in [6.45, 7) is 6.96. The molecular weight excluding hydrogens is 326 g/mol. The minimum Gasteiger partial charge on any atom is -0.378 e. The predicted octanol–water partition coefficient (Wildman–Crippen LogP) is 2.87. The first kappa shape index (κ1) is 19.2. The van der Waals surface area contributed by atoms with Crippen molar-refractivity contribution >= 4 is 5.96 Å². The lowest BCUT2D eigenvalue weighted by Crippen LogP contribution is -2.65. The van der Waals surface area contributed by atoms with Crippen LogP contribution in [0, 0.1) is 12.3 Å². The van der Waals surface area contributed by atoms with E-state index < -0.39 is 0 Å². The van der Waals surface area contributed by atoms with Crippen LogP contribution >= 0.6 is 0 Å². The monoisotopic (exact) mass is 361 g/mol. The molecule has 1 aromatic rings. The van der Waals surface area contributed by atoms with Gasteiger partial charge in [0.2, 0.25) is 0 Å². The first-order chi connectivity index (χ1) is 12.7. The lowest BCUT2D eigenvalue weighted by Gasteiger charge is -2.54. The van der Waals surface area contributed by atoms with E-state index in [9.17, 15) is 0 Å². The summed E-state index contributed by atoms with van der Waals surface area (Å²) in [6, 6.07) is 0.501. The van der Waals surface area contributed by atoms with Gasteiger partial charge in [-0.25, -0.2) is 4.98 Å². The van der Waals surface area contributed by atoms with Gasteiger partial charge in [0.15, 0.2) is 5.96 Å². The van der Waals surface area contributed by atoms with Crippen LogP contribution in [0.3, 0.4) is 0 Å². The number of aryl methyl sites for hydroxylation is 2. The zero-order valence-corrected chi connectivity index (χ0v) is 16.6. The number of hydrogen-bond donors (Lipinski definition) is 2. The molecular formula is C20H35N5O. The fourth-order valence-electron chi connectivity index (χ4n) is 4.70. The maximum Gasteiger partial charge on any atom is 0.191 e. The Morgan fingerprint density at radius 1 is 1.38 bits per heavy atom. The Bertz CT molecular complexity index is 591. The number of aliphatic imine (C=N–C) groups is 1. The number of imidazole rings is 1. The molecule has 0 aromatic carbocycles. The van der Waals surface area contributed by atoms with Crippen molar-refractivity contribution in [3.8, 4) is 0 Å². The first-order valence-corrected chi connectivity index (χ1v) is 10.3. The van der Waals surface area contributed by atoms with Crippen molar-refractivity contribution in [2.45, 2.75) is 77.5 Å².